The molecule has 9 nitrogen and oxygen atoms in total. The zero-order valence-corrected chi connectivity index (χ0v) is 17.3. The number of carbonyl (C=O) groups excluding carboxylic acids is 3. The van der Waals surface area contributed by atoms with E-state index in [1.807, 2.05) is 0 Å². The third kappa shape index (κ3) is 5.20. The second-order valence-corrected chi connectivity index (χ2v) is 8.21. The van der Waals surface area contributed by atoms with E-state index >= 15 is 0 Å². The Hall–Kier alpha value is -2.75. The Labute approximate surface area is 171 Å². The van der Waals surface area contributed by atoms with Crippen molar-refractivity contribution in [2.24, 2.45) is 0 Å². The number of ether oxygens (including phenoxy) is 1. The molecule has 29 heavy (non-hydrogen) atoms. The van der Waals surface area contributed by atoms with Crippen molar-refractivity contribution in [2.75, 3.05) is 27.2 Å². The maximum absolute atomic E-state index is 12.5. The molecule has 2 aromatic heterocycles. The minimum atomic E-state index is -0.577. The van der Waals surface area contributed by atoms with Crippen molar-refractivity contribution in [1.29, 1.82) is 0 Å². The van der Waals surface area contributed by atoms with Crippen molar-refractivity contribution in [1.82, 2.24) is 20.2 Å². The number of amides is 2. The molecule has 0 radical (unpaired) electrons. The fourth-order valence-corrected chi connectivity index (χ4v) is 4.43. The quantitative estimate of drug-likeness (QED) is 0.631. The lowest BCUT2D eigenvalue weighted by atomic mass is 9.97. The van der Waals surface area contributed by atoms with Crippen LogP contribution in [0.4, 0.5) is 0 Å². The highest BCUT2D eigenvalue weighted by Gasteiger charge is 2.20. The molecule has 2 aromatic rings. The first-order valence-electron chi connectivity index (χ1n) is 9.51. The molecule has 0 aliphatic heterocycles. The van der Waals surface area contributed by atoms with Crippen LogP contribution in [0, 0.1) is 0 Å². The average Bonchev–Trinajstić information content (AvgIpc) is 3.07. The lowest BCUT2D eigenvalue weighted by Crippen LogP contribution is -2.38. The van der Waals surface area contributed by atoms with Crippen molar-refractivity contribution >= 4 is 39.3 Å². The Morgan fingerprint density at radius 3 is 2.76 bits per heavy atom. The number of H-pyrrole nitrogens is 1. The Balaban J connectivity index is 1.51. The van der Waals surface area contributed by atoms with Crippen LogP contribution < -0.4 is 10.9 Å². The second-order valence-electron chi connectivity index (χ2n) is 7.13. The average molecular weight is 420 g/mol. The van der Waals surface area contributed by atoms with Crippen LogP contribution in [0.25, 0.3) is 10.2 Å². The number of nitrogens with zero attached hydrogens (tertiary/aromatic N) is 2. The standard InChI is InChI=1S/C19H24N4O5S/c1-23(2)15(25)9-20-14(24)10-28-16(26)8-7-13-21-18(27)17-11-5-3-4-6-12(11)29-19(17)22-13/h3-10H2,1-2H3,(H,20,24)(H,21,22,27). The number of hydrogen-bond acceptors (Lipinski definition) is 7. The van der Waals surface area contributed by atoms with Gasteiger partial charge >= 0.3 is 5.97 Å². The van der Waals surface area contributed by atoms with E-state index in [0.717, 1.165) is 31.2 Å². The molecule has 3 rings (SSSR count). The number of nitrogens with one attached hydrogen (secondary N) is 2. The van der Waals surface area contributed by atoms with Crippen LogP contribution in [-0.4, -0.2) is 59.9 Å². The highest BCUT2D eigenvalue weighted by Crippen LogP contribution is 2.33. The van der Waals surface area contributed by atoms with Crippen LogP contribution in [-0.2, 0) is 38.4 Å². The topological polar surface area (TPSA) is 121 Å². The third-order valence-electron chi connectivity index (χ3n) is 4.74. The molecule has 1 aliphatic carbocycles. The van der Waals surface area contributed by atoms with Crippen molar-refractivity contribution in [3.63, 3.8) is 0 Å². The maximum Gasteiger partial charge on any atom is 0.306 e. The van der Waals surface area contributed by atoms with Crippen molar-refractivity contribution in [2.45, 2.75) is 38.5 Å². The fourth-order valence-electron chi connectivity index (χ4n) is 3.15. The highest BCUT2D eigenvalue weighted by atomic mass is 32.1. The van der Waals surface area contributed by atoms with Gasteiger partial charge in [-0.05, 0) is 31.2 Å². The van der Waals surface area contributed by atoms with Gasteiger partial charge in [0, 0.05) is 25.4 Å². The number of likely N-dealkylation sites (N-methyl/N-ethyl adjacent to an activating group) is 1. The molecule has 0 saturated heterocycles. The van der Waals surface area contributed by atoms with E-state index in [9.17, 15) is 19.2 Å². The molecular formula is C19H24N4O5S. The van der Waals surface area contributed by atoms with Crippen LogP contribution >= 0.6 is 11.3 Å². The minimum Gasteiger partial charge on any atom is -0.456 e. The first-order valence-corrected chi connectivity index (χ1v) is 10.3. The van der Waals surface area contributed by atoms with Gasteiger partial charge < -0.3 is 19.9 Å². The smallest absolute Gasteiger partial charge is 0.306 e. The summed E-state index contributed by atoms with van der Waals surface area (Å²) in [5.74, 6) is -0.956. The van der Waals surface area contributed by atoms with E-state index in [2.05, 4.69) is 15.3 Å². The summed E-state index contributed by atoms with van der Waals surface area (Å²) in [7, 11) is 3.16. The van der Waals surface area contributed by atoms with Crippen molar-refractivity contribution < 1.29 is 19.1 Å². The third-order valence-corrected chi connectivity index (χ3v) is 5.93. The molecule has 2 heterocycles. The Kier molecular flexibility index (Phi) is 6.63. The predicted molar refractivity (Wildman–Crippen MR) is 108 cm³/mol. The summed E-state index contributed by atoms with van der Waals surface area (Å²) in [4.78, 5) is 57.9. The van der Waals surface area contributed by atoms with Gasteiger partial charge in [0.2, 0.25) is 5.91 Å². The van der Waals surface area contributed by atoms with E-state index in [1.54, 1.807) is 25.4 Å². The number of aromatic amines is 1. The summed E-state index contributed by atoms with van der Waals surface area (Å²) in [6.07, 6.45) is 4.32. The molecule has 0 fully saturated rings. The summed E-state index contributed by atoms with van der Waals surface area (Å²) in [5.41, 5.74) is 0.956. The molecule has 10 heteroatoms. The molecular weight excluding hydrogens is 396 g/mol. The van der Waals surface area contributed by atoms with Gasteiger partial charge in [-0.25, -0.2) is 4.98 Å². The van der Waals surface area contributed by atoms with E-state index in [4.69, 9.17) is 4.74 Å². The van der Waals surface area contributed by atoms with Crippen LogP contribution in [0.3, 0.4) is 0 Å². The number of rotatable bonds is 7. The zero-order chi connectivity index (χ0) is 21.0. The van der Waals surface area contributed by atoms with E-state index in [-0.39, 0.29) is 30.9 Å². The molecule has 2 amide bonds. The van der Waals surface area contributed by atoms with Gasteiger partial charge in [-0.15, -0.1) is 11.3 Å². The molecule has 1 aliphatic rings. The van der Waals surface area contributed by atoms with Crippen molar-refractivity contribution in [3.8, 4) is 0 Å². The van der Waals surface area contributed by atoms with Crippen LogP contribution in [0.5, 0.6) is 0 Å². The van der Waals surface area contributed by atoms with Gasteiger partial charge in [0.25, 0.3) is 11.5 Å². The number of hydrogen-bond donors (Lipinski definition) is 2. The number of esters is 1. The number of aryl methyl sites for hydroxylation is 3. The predicted octanol–water partition coefficient (Wildman–Crippen LogP) is 0.544. The molecule has 2 N–H and O–H groups in total. The zero-order valence-electron chi connectivity index (χ0n) is 16.5. The Morgan fingerprint density at radius 2 is 2.00 bits per heavy atom. The van der Waals surface area contributed by atoms with E-state index in [1.165, 1.54) is 9.78 Å². The summed E-state index contributed by atoms with van der Waals surface area (Å²) >= 11 is 1.56. The van der Waals surface area contributed by atoms with Crippen molar-refractivity contribution in [3.05, 3.63) is 26.6 Å². The van der Waals surface area contributed by atoms with Gasteiger partial charge in [-0.3, -0.25) is 19.2 Å². The monoisotopic (exact) mass is 420 g/mol. The Bertz CT molecular complexity index is 994. The fraction of sp³-hybridized carbons (Fsp3) is 0.526. The Morgan fingerprint density at radius 1 is 1.24 bits per heavy atom. The van der Waals surface area contributed by atoms with Gasteiger partial charge in [0.1, 0.15) is 10.7 Å². The van der Waals surface area contributed by atoms with Crippen LogP contribution in [0.15, 0.2) is 4.79 Å². The maximum atomic E-state index is 12.5. The summed E-state index contributed by atoms with van der Waals surface area (Å²) in [6.45, 7) is -0.612. The largest absolute Gasteiger partial charge is 0.456 e. The SMILES string of the molecule is CN(C)C(=O)CNC(=O)COC(=O)CCc1nc2sc3c(c2c(=O)[nH]1)CCCC3. The number of thiophene rings is 1. The van der Waals surface area contributed by atoms with Crippen LogP contribution in [0.2, 0.25) is 0 Å². The lowest BCUT2D eigenvalue weighted by molar-refractivity contribution is -0.148. The second kappa shape index (κ2) is 9.17. The molecule has 0 saturated carbocycles. The molecule has 0 unspecified atom stereocenters. The molecule has 0 aromatic carbocycles. The van der Waals surface area contributed by atoms with Gasteiger partial charge in [-0.1, -0.05) is 0 Å². The van der Waals surface area contributed by atoms with E-state index in [0.29, 0.717) is 16.0 Å². The molecule has 0 atom stereocenters. The number of fused-ring (bicyclic) bond motifs is 3. The summed E-state index contributed by atoms with van der Waals surface area (Å²) < 4.78 is 4.91. The first kappa shape index (κ1) is 21.0. The summed E-state index contributed by atoms with van der Waals surface area (Å²) in [6, 6.07) is 0. The van der Waals surface area contributed by atoms with Gasteiger partial charge in [-0.2, -0.15) is 0 Å². The molecule has 0 spiro atoms. The molecule has 0 bridgehead atoms. The molecule has 156 valence electrons. The van der Waals surface area contributed by atoms with Gasteiger partial charge in [0.05, 0.1) is 18.4 Å². The van der Waals surface area contributed by atoms with E-state index < -0.39 is 18.5 Å². The normalized spacial score (nSPS) is 13.0. The summed E-state index contributed by atoms with van der Waals surface area (Å²) in [5, 5.41) is 3.06. The first-order chi connectivity index (χ1) is 13.8. The number of aromatic nitrogens is 2. The van der Waals surface area contributed by atoms with Crippen LogP contribution in [0.1, 0.15) is 35.5 Å². The lowest BCUT2D eigenvalue weighted by Gasteiger charge is -2.11. The minimum absolute atomic E-state index is 0.0105. The highest BCUT2D eigenvalue weighted by molar-refractivity contribution is 7.18. The van der Waals surface area contributed by atoms with Gasteiger partial charge in [0.15, 0.2) is 6.61 Å². The number of carbonyl (C=O) groups is 3.